The molecule has 0 aromatic heterocycles. The lowest BCUT2D eigenvalue weighted by Crippen LogP contribution is -2.38. The molecule has 1 fully saturated rings. The topological polar surface area (TPSA) is 47.6 Å². The van der Waals surface area contributed by atoms with Crippen LogP contribution in [-0.2, 0) is 14.3 Å². The normalized spacial score (nSPS) is 17.6. The smallest absolute Gasteiger partial charge is 0.319 e. The van der Waals surface area contributed by atoms with Crippen molar-refractivity contribution in [2.45, 2.75) is 18.9 Å². The van der Waals surface area contributed by atoms with Crippen LogP contribution in [0.1, 0.15) is 12.8 Å². The van der Waals surface area contributed by atoms with Crippen LogP contribution >= 0.6 is 12.4 Å². The highest BCUT2D eigenvalue weighted by molar-refractivity contribution is 5.85. The van der Waals surface area contributed by atoms with Crippen LogP contribution < -0.4 is 5.32 Å². The van der Waals surface area contributed by atoms with Crippen molar-refractivity contribution in [3.05, 3.63) is 0 Å². The largest absolute Gasteiger partial charge is 0.468 e. The van der Waals surface area contributed by atoms with Gasteiger partial charge in [-0.15, -0.1) is 12.4 Å². The number of carbonyl (C=O) groups is 1. The van der Waals surface area contributed by atoms with E-state index in [9.17, 15) is 4.79 Å². The molecule has 13 heavy (non-hydrogen) atoms. The van der Waals surface area contributed by atoms with Gasteiger partial charge in [-0.2, -0.15) is 0 Å². The average Bonchev–Trinajstić information content (AvgIpc) is 2.16. The number of halogens is 1. The number of methoxy groups -OCH3 is 1. The Hall–Kier alpha value is -0.320. The van der Waals surface area contributed by atoms with Gasteiger partial charge in [-0.1, -0.05) is 0 Å². The Kier molecular flexibility index (Phi) is 6.94. The van der Waals surface area contributed by atoms with Crippen molar-refractivity contribution in [3.8, 4) is 0 Å². The zero-order valence-corrected chi connectivity index (χ0v) is 8.56. The predicted molar refractivity (Wildman–Crippen MR) is 51.1 cm³/mol. The molecule has 0 unspecified atom stereocenters. The van der Waals surface area contributed by atoms with Gasteiger partial charge in [-0.25, -0.2) is 0 Å². The fourth-order valence-corrected chi connectivity index (χ4v) is 1.20. The second-order valence-electron chi connectivity index (χ2n) is 2.84. The molecule has 0 saturated carbocycles. The highest BCUT2D eigenvalue weighted by Gasteiger charge is 2.13. The molecule has 0 aliphatic carbocycles. The second kappa shape index (κ2) is 7.12. The Bertz CT molecular complexity index is 148. The third-order valence-corrected chi connectivity index (χ3v) is 1.98. The van der Waals surface area contributed by atoms with E-state index in [-0.39, 0.29) is 18.4 Å². The minimum Gasteiger partial charge on any atom is -0.468 e. The number of carbonyl (C=O) groups excluding carboxylic acids is 1. The summed E-state index contributed by atoms with van der Waals surface area (Å²) in [6.07, 6.45) is 1.97. The highest BCUT2D eigenvalue weighted by atomic mass is 35.5. The van der Waals surface area contributed by atoms with Gasteiger partial charge >= 0.3 is 5.97 Å². The van der Waals surface area contributed by atoms with Crippen LogP contribution in [0.25, 0.3) is 0 Å². The van der Waals surface area contributed by atoms with E-state index >= 15 is 0 Å². The molecule has 5 heteroatoms. The summed E-state index contributed by atoms with van der Waals surface area (Å²) in [7, 11) is 1.40. The van der Waals surface area contributed by atoms with Crippen molar-refractivity contribution in [2.75, 3.05) is 26.9 Å². The first-order valence-electron chi connectivity index (χ1n) is 4.21. The molecule has 0 aromatic carbocycles. The summed E-state index contributed by atoms with van der Waals surface area (Å²) in [6, 6.07) is 0.415. The summed E-state index contributed by atoms with van der Waals surface area (Å²) in [5.41, 5.74) is 0. The average molecular weight is 210 g/mol. The Balaban J connectivity index is 0.00000144. The van der Waals surface area contributed by atoms with E-state index in [0.717, 1.165) is 26.1 Å². The zero-order chi connectivity index (χ0) is 8.81. The lowest BCUT2D eigenvalue weighted by molar-refractivity contribution is -0.139. The van der Waals surface area contributed by atoms with Gasteiger partial charge in [0.05, 0.1) is 13.7 Å². The lowest BCUT2D eigenvalue weighted by atomic mass is 10.1. The quantitative estimate of drug-likeness (QED) is 0.682. The third-order valence-electron chi connectivity index (χ3n) is 1.98. The van der Waals surface area contributed by atoms with Crippen molar-refractivity contribution in [3.63, 3.8) is 0 Å². The van der Waals surface area contributed by atoms with Crippen LogP contribution in [0.15, 0.2) is 0 Å². The van der Waals surface area contributed by atoms with E-state index in [1.807, 2.05) is 0 Å². The number of ether oxygens (including phenoxy) is 2. The van der Waals surface area contributed by atoms with Crippen LogP contribution in [0.5, 0.6) is 0 Å². The molecular formula is C8H16ClNO3. The van der Waals surface area contributed by atoms with E-state index in [1.54, 1.807) is 0 Å². The van der Waals surface area contributed by atoms with E-state index in [0.29, 0.717) is 12.6 Å². The Morgan fingerprint density at radius 2 is 2.15 bits per heavy atom. The number of hydrogen-bond acceptors (Lipinski definition) is 4. The van der Waals surface area contributed by atoms with Gasteiger partial charge < -0.3 is 14.8 Å². The number of nitrogens with one attached hydrogen (secondary N) is 1. The van der Waals surface area contributed by atoms with Crippen LogP contribution in [0.2, 0.25) is 0 Å². The van der Waals surface area contributed by atoms with E-state index in [4.69, 9.17) is 4.74 Å². The van der Waals surface area contributed by atoms with E-state index in [2.05, 4.69) is 10.1 Å². The van der Waals surface area contributed by atoms with Gasteiger partial charge in [0.2, 0.25) is 0 Å². The first-order chi connectivity index (χ1) is 5.83. The molecule has 0 bridgehead atoms. The van der Waals surface area contributed by atoms with Crippen LogP contribution in [0, 0.1) is 0 Å². The molecule has 0 spiro atoms. The monoisotopic (exact) mass is 209 g/mol. The lowest BCUT2D eigenvalue weighted by Gasteiger charge is -2.22. The van der Waals surface area contributed by atoms with Crippen molar-refractivity contribution in [1.82, 2.24) is 5.32 Å². The molecule has 0 aromatic rings. The fraction of sp³-hybridized carbons (Fsp3) is 0.875. The molecule has 1 rings (SSSR count). The minimum absolute atomic E-state index is 0. The highest BCUT2D eigenvalue weighted by Crippen LogP contribution is 2.05. The van der Waals surface area contributed by atoms with Gasteiger partial charge in [0, 0.05) is 19.3 Å². The molecule has 1 aliphatic rings. The van der Waals surface area contributed by atoms with Gasteiger partial charge in [0.15, 0.2) is 0 Å². The van der Waals surface area contributed by atoms with Gasteiger partial charge in [0.1, 0.15) is 0 Å². The maximum atomic E-state index is 10.7. The summed E-state index contributed by atoms with van der Waals surface area (Å²) in [4.78, 5) is 10.7. The van der Waals surface area contributed by atoms with Gasteiger partial charge in [0.25, 0.3) is 0 Å². The predicted octanol–water partition coefficient (Wildman–Crippen LogP) is 0.350. The van der Waals surface area contributed by atoms with Crippen molar-refractivity contribution >= 4 is 18.4 Å². The number of esters is 1. The molecule has 1 aliphatic heterocycles. The summed E-state index contributed by atoms with van der Waals surface area (Å²) >= 11 is 0. The van der Waals surface area contributed by atoms with Gasteiger partial charge in [-0.3, -0.25) is 4.79 Å². The maximum Gasteiger partial charge on any atom is 0.319 e. The summed E-state index contributed by atoms with van der Waals surface area (Å²) in [5.74, 6) is -0.207. The van der Waals surface area contributed by atoms with Crippen molar-refractivity contribution in [2.24, 2.45) is 0 Å². The van der Waals surface area contributed by atoms with Gasteiger partial charge in [-0.05, 0) is 12.8 Å². The molecule has 78 valence electrons. The number of hydrogen-bond donors (Lipinski definition) is 1. The maximum absolute atomic E-state index is 10.7. The first-order valence-corrected chi connectivity index (χ1v) is 4.21. The van der Waals surface area contributed by atoms with Crippen LogP contribution in [0.4, 0.5) is 0 Å². The minimum atomic E-state index is -0.207. The Labute approximate surface area is 84.4 Å². The zero-order valence-electron chi connectivity index (χ0n) is 7.75. The summed E-state index contributed by atoms with van der Waals surface area (Å²) < 4.78 is 9.69. The Morgan fingerprint density at radius 3 is 2.69 bits per heavy atom. The summed E-state index contributed by atoms with van der Waals surface area (Å²) in [6.45, 7) is 1.89. The van der Waals surface area contributed by atoms with Crippen LogP contribution in [0.3, 0.4) is 0 Å². The molecule has 1 heterocycles. The molecule has 0 radical (unpaired) electrons. The third kappa shape index (κ3) is 5.08. The molecule has 1 N–H and O–H groups in total. The molecule has 0 atom stereocenters. The number of rotatable bonds is 3. The molecule has 0 amide bonds. The molecular weight excluding hydrogens is 194 g/mol. The van der Waals surface area contributed by atoms with Crippen LogP contribution in [-0.4, -0.2) is 38.9 Å². The van der Waals surface area contributed by atoms with E-state index < -0.39 is 0 Å². The molecule has 1 saturated heterocycles. The van der Waals surface area contributed by atoms with Crippen molar-refractivity contribution < 1.29 is 14.3 Å². The molecule has 4 nitrogen and oxygen atoms in total. The fourth-order valence-electron chi connectivity index (χ4n) is 1.20. The SMILES string of the molecule is COC(=O)CNC1CCOCC1.Cl. The summed E-state index contributed by atoms with van der Waals surface area (Å²) in [5, 5.41) is 3.12. The van der Waals surface area contributed by atoms with Crippen molar-refractivity contribution in [1.29, 1.82) is 0 Å². The van der Waals surface area contributed by atoms with E-state index in [1.165, 1.54) is 7.11 Å². The first kappa shape index (κ1) is 12.7. The second-order valence-corrected chi connectivity index (χ2v) is 2.84. The standard InChI is InChI=1S/C8H15NO3.ClH/c1-11-8(10)6-9-7-2-4-12-5-3-7;/h7,9H,2-6H2,1H3;1H. The Morgan fingerprint density at radius 1 is 1.54 bits per heavy atom.